The number of halogens is 2. The predicted octanol–water partition coefficient (Wildman–Crippen LogP) is 1.89. The van der Waals surface area contributed by atoms with E-state index in [1.807, 2.05) is 0 Å². The number of amides is 1. The summed E-state index contributed by atoms with van der Waals surface area (Å²) < 4.78 is 38.5. The monoisotopic (exact) mass is 304 g/mol. The summed E-state index contributed by atoms with van der Waals surface area (Å²) in [5, 5.41) is 4.83. The van der Waals surface area contributed by atoms with Crippen LogP contribution in [0.2, 0.25) is 0 Å². The Morgan fingerprint density at radius 2 is 1.90 bits per heavy atom. The highest BCUT2D eigenvalue weighted by atomic mass is 32.2. The quantitative estimate of drug-likeness (QED) is 0.844. The molecule has 1 aromatic rings. The van der Waals surface area contributed by atoms with Gasteiger partial charge in [0.05, 0.1) is 0 Å². The largest absolute Gasteiger partial charge is 0.381 e. The molecule has 0 radical (unpaired) electrons. The molecule has 0 spiro atoms. The van der Waals surface area contributed by atoms with Crippen molar-refractivity contribution < 1.29 is 17.8 Å². The predicted molar refractivity (Wildman–Crippen MR) is 76.4 cm³/mol. The van der Waals surface area contributed by atoms with Crippen molar-refractivity contribution >= 4 is 22.4 Å². The Hall–Kier alpha value is -1.50. The summed E-state index contributed by atoms with van der Waals surface area (Å²) >= 11 is 0. The number of nitrogens with one attached hydrogen (secondary N) is 2. The summed E-state index contributed by atoms with van der Waals surface area (Å²) in [4.78, 5) is 11.8. The van der Waals surface area contributed by atoms with Gasteiger partial charge < -0.3 is 10.6 Å². The van der Waals surface area contributed by atoms with Gasteiger partial charge in [-0.25, -0.2) is 8.78 Å². The Morgan fingerprint density at radius 1 is 1.35 bits per heavy atom. The van der Waals surface area contributed by atoms with Gasteiger partial charge in [0, 0.05) is 41.0 Å². The average molecular weight is 304 g/mol. The van der Waals surface area contributed by atoms with Crippen molar-refractivity contribution in [2.24, 2.45) is 0 Å². The number of hydrogen-bond donors (Lipinski definition) is 2. The Labute approximate surface area is 119 Å². The summed E-state index contributed by atoms with van der Waals surface area (Å²) in [6, 6.07) is 1.95. The van der Waals surface area contributed by atoms with Crippen LogP contribution >= 0.6 is 0 Å². The Bertz CT molecular complexity index is 500. The molecule has 20 heavy (non-hydrogen) atoms. The van der Waals surface area contributed by atoms with Gasteiger partial charge in [0.15, 0.2) is 0 Å². The Morgan fingerprint density at radius 3 is 2.35 bits per heavy atom. The molecular weight excluding hydrogens is 286 g/mol. The first-order valence-corrected chi connectivity index (χ1v) is 7.82. The molecule has 1 amide bonds. The summed E-state index contributed by atoms with van der Waals surface area (Å²) in [6.07, 6.45) is 1.53. The van der Waals surface area contributed by atoms with E-state index >= 15 is 0 Å². The van der Waals surface area contributed by atoms with E-state index in [4.69, 9.17) is 0 Å². The molecule has 2 N–H and O–H groups in total. The fraction of sp³-hybridized carbons (Fsp3) is 0.462. The van der Waals surface area contributed by atoms with E-state index < -0.39 is 28.3 Å². The van der Waals surface area contributed by atoms with Gasteiger partial charge in [0.2, 0.25) is 0 Å². The van der Waals surface area contributed by atoms with Crippen molar-refractivity contribution in [3.63, 3.8) is 0 Å². The second kappa shape index (κ2) is 7.33. The lowest BCUT2D eigenvalue weighted by atomic mass is 10.1. The van der Waals surface area contributed by atoms with E-state index in [1.165, 1.54) is 6.26 Å². The molecule has 2 unspecified atom stereocenters. The van der Waals surface area contributed by atoms with Crippen molar-refractivity contribution in [1.82, 2.24) is 5.32 Å². The molecule has 0 aliphatic carbocycles. The second-order valence-corrected chi connectivity index (χ2v) is 6.17. The van der Waals surface area contributed by atoms with Crippen LogP contribution in [0.4, 0.5) is 14.5 Å². The Balaban J connectivity index is 2.82. The van der Waals surface area contributed by atoms with E-state index in [0.29, 0.717) is 6.54 Å². The van der Waals surface area contributed by atoms with Gasteiger partial charge in [-0.2, -0.15) is 0 Å². The fourth-order valence-electron chi connectivity index (χ4n) is 1.51. The van der Waals surface area contributed by atoms with Crippen LogP contribution in [0.3, 0.4) is 0 Å². The Kier molecular flexibility index (Phi) is 6.06. The average Bonchev–Trinajstić information content (AvgIpc) is 2.39. The van der Waals surface area contributed by atoms with Crippen LogP contribution < -0.4 is 10.6 Å². The third-order valence-electron chi connectivity index (χ3n) is 2.77. The number of anilines is 1. The maximum absolute atomic E-state index is 13.7. The van der Waals surface area contributed by atoms with Crippen molar-refractivity contribution in [2.75, 3.05) is 24.7 Å². The van der Waals surface area contributed by atoms with E-state index in [-0.39, 0.29) is 23.0 Å². The lowest BCUT2D eigenvalue weighted by Crippen LogP contribution is -2.32. The molecule has 0 bridgehead atoms. The smallest absolute Gasteiger partial charge is 0.251 e. The first-order chi connectivity index (χ1) is 9.36. The molecule has 0 saturated heterocycles. The first-order valence-electron chi connectivity index (χ1n) is 6.20. The SMILES string of the molecule is CCNc1c(F)cc(C(=O)NCC(C)S(C)=O)cc1F. The molecule has 0 saturated carbocycles. The summed E-state index contributed by atoms with van der Waals surface area (Å²) in [5.74, 6) is -2.23. The molecule has 0 aromatic heterocycles. The molecule has 1 rings (SSSR count). The molecular formula is C13H18F2N2O2S. The van der Waals surface area contributed by atoms with Crippen LogP contribution in [0.1, 0.15) is 24.2 Å². The van der Waals surface area contributed by atoms with Crippen LogP contribution in [0.15, 0.2) is 12.1 Å². The van der Waals surface area contributed by atoms with Crippen LogP contribution in [0.25, 0.3) is 0 Å². The molecule has 2 atom stereocenters. The molecule has 0 aliphatic rings. The molecule has 0 heterocycles. The minimum Gasteiger partial charge on any atom is -0.381 e. The third kappa shape index (κ3) is 4.26. The van der Waals surface area contributed by atoms with Crippen molar-refractivity contribution in [3.8, 4) is 0 Å². The highest BCUT2D eigenvalue weighted by Crippen LogP contribution is 2.20. The topological polar surface area (TPSA) is 58.2 Å². The lowest BCUT2D eigenvalue weighted by molar-refractivity contribution is 0.0953. The summed E-state index contributed by atoms with van der Waals surface area (Å²) in [5.41, 5.74) is -0.345. The highest BCUT2D eigenvalue weighted by molar-refractivity contribution is 7.84. The molecule has 7 heteroatoms. The normalized spacial score (nSPS) is 13.7. The fourth-order valence-corrected chi connectivity index (χ4v) is 1.82. The third-order valence-corrected chi connectivity index (χ3v) is 4.07. The molecule has 112 valence electrons. The highest BCUT2D eigenvalue weighted by Gasteiger charge is 2.15. The van der Waals surface area contributed by atoms with Crippen molar-refractivity contribution in [3.05, 3.63) is 29.3 Å². The number of rotatable bonds is 6. The van der Waals surface area contributed by atoms with Gasteiger partial charge >= 0.3 is 0 Å². The van der Waals surface area contributed by atoms with Crippen LogP contribution in [0.5, 0.6) is 0 Å². The lowest BCUT2D eigenvalue weighted by Gasteiger charge is -2.11. The second-order valence-electron chi connectivity index (χ2n) is 4.36. The minimum atomic E-state index is -1.07. The first kappa shape index (κ1) is 16.6. The molecule has 0 aliphatic heterocycles. The number of carbonyl (C=O) groups is 1. The molecule has 4 nitrogen and oxygen atoms in total. The van der Waals surface area contributed by atoms with Crippen molar-refractivity contribution in [2.45, 2.75) is 19.1 Å². The number of carbonyl (C=O) groups excluding carboxylic acids is 1. The van der Waals surface area contributed by atoms with Gasteiger partial charge in [0.1, 0.15) is 17.3 Å². The zero-order valence-corrected chi connectivity index (χ0v) is 12.4. The summed E-state index contributed by atoms with van der Waals surface area (Å²) in [7, 11) is -1.07. The van der Waals surface area contributed by atoms with Gasteiger partial charge in [-0.3, -0.25) is 9.00 Å². The summed E-state index contributed by atoms with van der Waals surface area (Å²) in [6.45, 7) is 3.98. The number of benzene rings is 1. The maximum Gasteiger partial charge on any atom is 0.251 e. The van der Waals surface area contributed by atoms with Gasteiger partial charge in [0.25, 0.3) is 5.91 Å². The van der Waals surface area contributed by atoms with E-state index in [0.717, 1.165) is 12.1 Å². The van der Waals surface area contributed by atoms with Gasteiger partial charge in [-0.1, -0.05) is 0 Å². The van der Waals surface area contributed by atoms with Crippen LogP contribution in [-0.4, -0.2) is 34.7 Å². The van der Waals surface area contributed by atoms with Crippen molar-refractivity contribution in [1.29, 1.82) is 0 Å². The van der Waals surface area contributed by atoms with E-state index in [2.05, 4.69) is 10.6 Å². The number of hydrogen-bond acceptors (Lipinski definition) is 3. The minimum absolute atomic E-state index is 0.101. The van der Waals surface area contributed by atoms with Gasteiger partial charge in [-0.15, -0.1) is 0 Å². The van der Waals surface area contributed by atoms with E-state index in [9.17, 15) is 17.8 Å². The van der Waals surface area contributed by atoms with Crippen LogP contribution in [0, 0.1) is 11.6 Å². The van der Waals surface area contributed by atoms with E-state index in [1.54, 1.807) is 13.8 Å². The maximum atomic E-state index is 13.7. The molecule has 1 aromatic carbocycles. The zero-order chi connectivity index (χ0) is 15.3. The van der Waals surface area contributed by atoms with Crippen LogP contribution in [-0.2, 0) is 10.8 Å². The standard InChI is InChI=1S/C13H18F2N2O2S/c1-4-16-12-10(14)5-9(6-11(12)15)13(18)17-7-8(2)20(3)19/h5-6,8,16H,4,7H2,1-3H3,(H,17,18). The zero-order valence-electron chi connectivity index (χ0n) is 11.6. The molecule has 0 fully saturated rings. The van der Waals surface area contributed by atoms with Gasteiger partial charge in [-0.05, 0) is 26.0 Å².